The van der Waals surface area contributed by atoms with Gasteiger partial charge in [-0.3, -0.25) is 9.80 Å². The monoisotopic (exact) mass is 415 g/mol. The number of benzene rings is 1. The van der Waals surface area contributed by atoms with Crippen molar-refractivity contribution in [2.24, 2.45) is 0 Å². The van der Waals surface area contributed by atoms with Crippen molar-refractivity contribution in [1.82, 2.24) is 15.1 Å². The van der Waals surface area contributed by atoms with E-state index in [9.17, 15) is 9.59 Å². The van der Waals surface area contributed by atoms with Crippen LogP contribution >= 0.6 is 0 Å². The predicted octanol–water partition coefficient (Wildman–Crippen LogP) is 3.47. The third kappa shape index (κ3) is 4.61. The first-order chi connectivity index (χ1) is 14.5. The number of carbonyl (C=O) groups excluding carboxylic acids is 2. The summed E-state index contributed by atoms with van der Waals surface area (Å²) >= 11 is 0. The molecule has 0 aliphatic carbocycles. The molecule has 2 amide bonds. The molecule has 2 heterocycles. The molecule has 2 aliphatic heterocycles. The number of nitrogens with zero attached hydrogens (tertiary/aromatic N) is 2. The summed E-state index contributed by atoms with van der Waals surface area (Å²) in [5.41, 5.74) is 2.04. The van der Waals surface area contributed by atoms with Crippen molar-refractivity contribution >= 4 is 12.0 Å². The third-order valence-electron chi connectivity index (χ3n) is 5.97. The van der Waals surface area contributed by atoms with Crippen LogP contribution < -0.4 is 10.1 Å². The second-order valence-electron chi connectivity index (χ2n) is 7.80. The van der Waals surface area contributed by atoms with Gasteiger partial charge in [-0.25, -0.2) is 9.59 Å². The molecule has 3 rings (SSSR count). The summed E-state index contributed by atoms with van der Waals surface area (Å²) in [6.07, 6.45) is 3.47. The molecule has 7 nitrogen and oxygen atoms in total. The SMILES string of the molecule is CCOC(=O)C1=C(CN2CCCC[C@H]2C)N(CC)C(=O)N[C@@H]1c1cccc(OC)c1. The number of nitrogens with one attached hydrogen (secondary N) is 1. The Hall–Kier alpha value is -2.54. The Morgan fingerprint density at radius 3 is 2.73 bits per heavy atom. The van der Waals surface area contributed by atoms with Crippen LogP contribution in [0.15, 0.2) is 35.5 Å². The number of rotatable bonds is 7. The van der Waals surface area contributed by atoms with Gasteiger partial charge < -0.3 is 14.8 Å². The Morgan fingerprint density at radius 1 is 1.27 bits per heavy atom. The number of methoxy groups -OCH3 is 1. The fourth-order valence-electron chi connectivity index (χ4n) is 4.31. The zero-order valence-corrected chi connectivity index (χ0v) is 18.4. The van der Waals surface area contributed by atoms with Crippen LogP contribution in [0.5, 0.6) is 5.75 Å². The zero-order valence-electron chi connectivity index (χ0n) is 18.4. The number of hydrogen-bond acceptors (Lipinski definition) is 5. The lowest BCUT2D eigenvalue weighted by Gasteiger charge is -2.40. The van der Waals surface area contributed by atoms with E-state index in [2.05, 4.69) is 17.1 Å². The van der Waals surface area contributed by atoms with Gasteiger partial charge in [0.1, 0.15) is 5.75 Å². The molecule has 0 saturated carbocycles. The first-order valence-corrected chi connectivity index (χ1v) is 10.9. The lowest BCUT2D eigenvalue weighted by Crippen LogP contribution is -2.52. The van der Waals surface area contributed by atoms with Crippen molar-refractivity contribution in [3.63, 3.8) is 0 Å². The highest BCUT2D eigenvalue weighted by molar-refractivity contribution is 5.95. The molecule has 0 unspecified atom stereocenters. The van der Waals surface area contributed by atoms with E-state index in [0.29, 0.717) is 30.5 Å². The fourth-order valence-corrected chi connectivity index (χ4v) is 4.31. The van der Waals surface area contributed by atoms with Gasteiger partial charge in [-0.1, -0.05) is 18.6 Å². The number of likely N-dealkylation sites (N-methyl/N-ethyl adjacent to an activating group) is 1. The molecule has 1 fully saturated rings. The Labute approximate surface area is 179 Å². The Bertz CT molecular complexity index is 807. The summed E-state index contributed by atoms with van der Waals surface area (Å²) in [7, 11) is 1.60. The number of piperidine rings is 1. The second-order valence-corrected chi connectivity index (χ2v) is 7.80. The molecule has 1 aromatic rings. The molecule has 164 valence electrons. The minimum atomic E-state index is -0.579. The van der Waals surface area contributed by atoms with E-state index in [0.717, 1.165) is 30.6 Å². The summed E-state index contributed by atoms with van der Waals surface area (Å²) in [6, 6.07) is 7.09. The fraction of sp³-hybridized carbons (Fsp3) is 0.565. The van der Waals surface area contributed by atoms with Crippen molar-refractivity contribution < 1.29 is 19.1 Å². The van der Waals surface area contributed by atoms with Gasteiger partial charge in [0.25, 0.3) is 0 Å². The lowest BCUT2D eigenvalue weighted by atomic mass is 9.93. The van der Waals surface area contributed by atoms with Crippen LogP contribution in [0.2, 0.25) is 0 Å². The zero-order chi connectivity index (χ0) is 21.7. The van der Waals surface area contributed by atoms with Crippen molar-refractivity contribution in [3.8, 4) is 5.75 Å². The van der Waals surface area contributed by atoms with Crippen LogP contribution in [0.1, 0.15) is 51.6 Å². The van der Waals surface area contributed by atoms with E-state index in [4.69, 9.17) is 9.47 Å². The van der Waals surface area contributed by atoms with Crippen molar-refractivity contribution in [1.29, 1.82) is 0 Å². The Kier molecular flexibility index (Phi) is 7.37. The van der Waals surface area contributed by atoms with Gasteiger partial charge in [-0.15, -0.1) is 0 Å². The van der Waals surface area contributed by atoms with Crippen LogP contribution in [0.4, 0.5) is 4.79 Å². The van der Waals surface area contributed by atoms with Crippen molar-refractivity contribution in [2.45, 2.75) is 52.1 Å². The maximum atomic E-state index is 13.1. The number of carbonyl (C=O) groups is 2. The predicted molar refractivity (Wildman–Crippen MR) is 115 cm³/mol. The first kappa shape index (κ1) is 22.2. The van der Waals surface area contributed by atoms with Gasteiger partial charge in [-0.05, 0) is 57.9 Å². The minimum Gasteiger partial charge on any atom is -0.497 e. The molecular weight excluding hydrogens is 382 g/mol. The summed E-state index contributed by atoms with van der Waals surface area (Å²) in [5.74, 6) is 0.289. The maximum absolute atomic E-state index is 13.1. The van der Waals surface area contributed by atoms with Gasteiger partial charge in [-0.2, -0.15) is 0 Å². The smallest absolute Gasteiger partial charge is 0.338 e. The van der Waals surface area contributed by atoms with Crippen LogP contribution in [-0.4, -0.2) is 61.2 Å². The summed E-state index contributed by atoms with van der Waals surface area (Å²) < 4.78 is 10.8. The number of likely N-dealkylation sites (tertiary alicyclic amines) is 1. The molecule has 2 atom stereocenters. The molecule has 1 saturated heterocycles. The molecule has 0 bridgehead atoms. The highest BCUT2D eigenvalue weighted by Gasteiger charge is 2.38. The van der Waals surface area contributed by atoms with Crippen LogP contribution in [0.25, 0.3) is 0 Å². The molecule has 30 heavy (non-hydrogen) atoms. The molecule has 1 aromatic carbocycles. The Balaban J connectivity index is 2.10. The quantitative estimate of drug-likeness (QED) is 0.691. The number of ether oxygens (including phenoxy) is 2. The molecule has 0 spiro atoms. The number of esters is 1. The average Bonchev–Trinajstić information content (AvgIpc) is 2.75. The van der Waals surface area contributed by atoms with Gasteiger partial charge in [0.2, 0.25) is 0 Å². The molecule has 0 radical (unpaired) electrons. The van der Waals surface area contributed by atoms with Crippen molar-refractivity contribution in [2.75, 3.05) is 33.4 Å². The van der Waals surface area contributed by atoms with Gasteiger partial charge >= 0.3 is 12.0 Å². The Morgan fingerprint density at radius 2 is 2.07 bits per heavy atom. The van der Waals surface area contributed by atoms with Crippen LogP contribution in [0, 0.1) is 0 Å². The molecular formula is C23H33N3O4. The highest BCUT2D eigenvalue weighted by Crippen LogP contribution is 2.34. The molecule has 1 N–H and O–H groups in total. The standard InChI is InChI=1S/C23H33N3O4/c1-5-26-19(15-25-13-8-7-10-16(25)3)20(22(27)30-6-2)21(24-23(26)28)17-11-9-12-18(14-17)29-4/h9,11-12,14,16,21H,5-8,10,13,15H2,1-4H3,(H,24,28)/t16-,21-/m1/s1. The van der Waals surface area contributed by atoms with E-state index < -0.39 is 6.04 Å². The largest absolute Gasteiger partial charge is 0.497 e. The average molecular weight is 416 g/mol. The third-order valence-corrected chi connectivity index (χ3v) is 5.97. The minimum absolute atomic E-state index is 0.196. The topological polar surface area (TPSA) is 71.1 Å². The lowest BCUT2D eigenvalue weighted by molar-refractivity contribution is -0.139. The number of urea groups is 1. The normalized spacial score (nSPS) is 22.7. The number of hydrogen-bond donors (Lipinski definition) is 1. The van der Waals surface area contributed by atoms with E-state index >= 15 is 0 Å². The summed E-state index contributed by atoms with van der Waals surface area (Å²) in [6.45, 7) is 8.21. The summed E-state index contributed by atoms with van der Waals surface area (Å²) in [4.78, 5) is 30.2. The number of amides is 2. The molecule has 0 aromatic heterocycles. The van der Waals surface area contributed by atoms with E-state index in [-0.39, 0.29) is 18.6 Å². The first-order valence-electron chi connectivity index (χ1n) is 10.9. The van der Waals surface area contributed by atoms with Gasteiger partial charge in [0.15, 0.2) is 0 Å². The maximum Gasteiger partial charge on any atom is 0.338 e. The van der Waals surface area contributed by atoms with Crippen LogP contribution in [-0.2, 0) is 9.53 Å². The van der Waals surface area contributed by atoms with Gasteiger partial charge in [0.05, 0.1) is 25.3 Å². The molecule has 7 heteroatoms. The van der Waals surface area contributed by atoms with E-state index in [1.165, 1.54) is 6.42 Å². The van der Waals surface area contributed by atoms with Crippen LogP contribution in [0.3, 0.4) is 0 Å². The van der Waals surface area contributed by atoms with Gasteiger partial charge in [0, 0.05) is 24.8 Å². The van der Waals surface area contributed by atoms with E-state index in [1.807, 2.05) is 31.2 Å². The van der Waals surface area contributed by atoms with E-state index in [1.54, 1.807) is 18.9 Å². The highest BCUT2D eigenvalue weighted by atomic mass is 16.5. The second kappa shape index (κ2) is 9.98. The molecule has 2 aliphatic rings. The van der Waals surface area contributed by atoms with Crippen molar-refractivity contribution in [3.05, 3.63) is 41.1 Å². The summed E-state index contributed by atoms with van der Waals surface area (Å²) in [5, 5.41) is 3.01.